The van der Waals surface area contributed by atoms with E-state index in [1.54, 1.807) is 25.2 Å². The number of nitrogens with zero attached hydrogens (tertiary/aromatic N) is 1. The van der Waals surface area contributed by atoms with Crippen LogP contribution in [0.3, 0.4) is 0 Å². The van der Waals surface area contributed by atoms with Crippen molar-refractivity contribution >= 4 is 16.9 Å². The standard InChI is InChI=1S/C18H17NO3/c1-18(11-5-4-7-15(18)17(20)21)22-12-14-10-9-13-6-2-3-8-16(13)19-14/h2-11,15H,12H2,1H3,(H,20,21). The lowest BCUT2D eigenvalue weighted by Crippen LogP contribution is -2.40. The van der Waals surface area contributed by atoms with Crippen molar-refractivity contribution < 1.29 is 14.6 Å². The Balaban J connectivity index is 1.79. The number of aliphatic carboxylic acids is 1. The summed E-state index contributed by atoms with van der Waals surface area (Å²) in [5.74, 6) is -1.59. The summed E-state index contributed by atoms with van der Waals surface area (Å²) < 4.78 is 5.90. The van der Waals surface area contributed by atoms with Crippen molar-refractivity contribution in [2.24, 2.45) is 5.92 Å². The van der Waals surface area contributed by atoms with Crippen LogP contribution in [0.25, 0.3) is 10.9 Å². The summed E-state index contributed by atoms with van der Waals surface area (Å²) in [6.45, 7) is 2.05. The third-order valence-corrected chi connectivity index (χ3v) is 3.91. The number of hydrogen-bond donors (Lipinski definition) is 1. The van der Waals surface area contributed by atoms with Gasteiger partial charge in [-0.05, 0) is 19.1 Å². The van der Waals surface area contributed by atoms with Crippen molar-refractivity contribution in [2.45, 2.75) is 19.1 Å². The molecule has 1 N–H and O–H groups in total. The Bertz CT molecular complexity index is 766. The molecule has 112 valence electrons. The Hall–Kier alpha value is -2.46. The van der Waals surface area contributed by atoms with Crippen LogP contribution < -0.4 is 0 Å². The number of para-hydroxylation sites is 1. The number of rotatable bonds is 4. The quantitative estimate of drug-likeness (QED) is 0.940. The molecule has 1 aliphatic rings. The van der Waals surface area contributed by atoms with E-state index < -0.39 is 17.5 Å². The number of benzene rings is 1. The molecule has 0 amide bonds. The number of pyridine rings is 1. The number of carboxylic acid groups (broad SMARTS) is 1. The van der Waals surface area contributed by atoms with E-state index >= 15 is 0 Å². The van der Waals surface area contributed by atoms with E-state index in [4.69, 9.17) is 4.74 Å². The van der Waals surface area contributed by atoms with Crippen molar-refractivity contribution in [3.05, 3.63) is 66.4 Å². The van der Waals surface area contributed by atoms with Gasteiger partial charge in [0.05, 0.1) is 17.8 Å². The minimum absolute atomic E-state index is 0.267. The SMILES string of the molecule is CC1(OCc2ccc3ccccc3n2)C=CC=CC1C(=O)O. The summed E-state index contributed by atoms with van der Waals surface area (Å²) in [5, 5.41) is 10.4. The van der Waals surface area contributed by atoms with Gasteiger partial charge in [-0.25, -0.2) is 0 Å². The Morgan fingerprint density at radius 1 is 1.27 bits per heavy atom. The monoisotopic (exact) mass is 295 g/mol. The van der Waals surface area contributed by atoms with Crippen LogP contribution in [0.5, 0.6) is 0 Å². The van der Waals surface area contributed by atoms with E-state index in [9.17, 15) is 9.90 Å². The van der Waals surface area contributed by atoms with Gasteiger partial charge in [-0.3, -0.25) is 9.78 Å². The van der Waals surface area contributed by atoms with E-state index in [0.717, 1.165) is 16.6 Å². The predicted octanol–water partition coefficient (Wildman–Crippen LogP) is 3.34. The zero-order valence-corrected chi connectivity index (χ0v) is 12.3. The smallest absolute Gasteiger partial charge is 0.313 e. The van der Waals surface area contributed by atoms with Crippen LogP contribution in [0, 0.1) is 5.92 Å². The lowest BCUT2D eigenvalue weighted by Gasteiger charge is -2.32. The van der Waals surface area contributed by atoms with E-state index in [2.05, 4.69) is 4.98 Å². The van der Waals surface area contributed by atoms with Gasteiger partial charge in [0.25, 0.3) is 0 Å². The van der Waals surface area contributed by atoms with Gasteiger partial charge in [0.15, 0.2) is 0 Å². The Kier molecular flexibility index (Phi) is 3.77. The first-order valence-electron chi connectivity index (χ1n) is 7.16. The van der Waals surface area contributed by atoms with Gasteiger partial charge >= 0.3 is 5.97 Å². The highest BCUT2D eigenvalue weighted by atomic mass is 16.5. The molecule has 4 nitrogen and oxygen atoms in total. The Morgan fingerprint density at radius 2 is 2.09 bits per heavy atom. The molecule has 0 bridgehead atoms. The van der Waals surface area contributed by atoms with Crippen LogP contribution in [-0.4, -0.2) is 21.7 Å². The molecule has 1 heterocycles. The number of carboxylic acids is 1. The fraction of sp³-hybridized carbons (Fsp3) is 0.222. The summed E-state index contributed by atoms with van der Waals surface area (Å²) in [6, 6.07) is 11.8. The number of allylic oxidation sites excluding steroid dienone is 2. The second-order valence-electron chi connectivity index (χ2n) is 5.53. The third-order valence-electron chi connectivity index (χ3n) is 3.91. The molecular formula is C18H17NO3. The molecule has 0 saturated heterocycles. The van der Waals surface area contributed by atoms with Gasteiger partial charge in [0.2, 0.25) is 0 Å². The molecule has 1 aromatic heterocycles. The average molecular weight is 295 g/mol. The third kappa shape index (κ3) is 2.78. The van der Waals surface area contributed by atoms with E-state index in [-0.39, 0.29) is 6.61 Å². The van der Waals surface area contributed by atoms with Crippen molar-refractivity contribution in [3.8, 4) is 0 Å². The lowest BCUT2D eigenvalue weighted by atomic mass is 9.85. The lowest BCUT2D eigenvalue weighted by molar-refractivity contribution is -0.149. The Morgan fingerprint density at radius 3 is 2.91 bits per heavy atom. The molecule has 0 saturated carbocycles. The second kappa shape index (κ2) is 5.73. The van der Waals surface area contributed by atoms with Gasteiger partial charge in [-0.1, -0.05) is 48.6 Å². The minimum Gasteiger partial charge on any atom is -0.481 e. The first-order chi connectivity index (χ1) is 10.6. The number of fused-ring (bicyclic) bond motifs is 1. The molecule has 1 aliphatic carbocycles. The van der Waals surface area contributed by atoms with E-state index in [0.29, 0.717) is 0 Å². The number of carbonyl (C=O) groups is 1. The Labute approximate surface area is 128 Å². The minimum atomic E-state index is -0.894. The van der Waals surface area contributed by atoms with E-state index in [1.807, 2.05) is 42.5 Å². The van der Waals surface area contributed by atoms with Crippen LogP contribution in [0.4, 0.5) is 0 Å². The zero-order valence-electron chi connectivity index (χ0n) is 12.3. The fourth-order valence-electron chi connectivity index (χ4n) is 2.60. The van der Waals surface area contributed by atoms with Crippen molar-refractivity contribution in [1.29, 1.82) is 0 Å². The number of hydrogen-bond acceptors (Lipinski definition) is 3. The highest BCUT2D eigenvalue weighted by Gasteiger charge is 2.37. The maximum atomic E-state index is 11.4. The van der Waals surface area contributed by atoms with Gasteiger partial charge in [0.1, 0.15) is 11.5 Å². The molecule has 2 atom stereocenters. The first-order valence-corrected chi connectivity index (χ1v) is 7.16. The average Bonchev–Trinajstić information content (AvgIpc) is 2.53. The maximum absolute atomic E-state index is 11.4. The highest BCUT2D eigenvalue weighted by molar-refractivity contribution is 5.78. The summed E-state index contributed by atoms with van der Waals surface area (Å²) in [5.41, 5.74) is 0.822. The molecule has 0 radical (unpaired) electrons. The van der Waals surface area contributed by atoms with Gasteiger partial charge < -0.3 is 9.84 Å². The second-order valence-corrected chi connectivity index (χ2v) is 5.53. The van der Waals surface area contributed by atoms with Crippen LogP contribution in [0.1, 0.15) is 12.6 Å². The number of aromatic nitrogens is 1. The fourth-order valence-corrected chi connectivity index (χ4v) is 2.60. The first kappa shape index (κ1) is 14.5. The largest absolute Gasteiger partial charge is 0.481 e. The van der Waals surface area contributed by atoms with Gasteiger partial charge in [-0.2, -0.15) is 0 Å². The molecule has 2 aromatic rings. The van der Waals surface area contributed by atoms with Crippen LogP contribution in [0.15, 0.2) is 60.7 Å². The van der Waals surface area contributed by atoms with Crippen molar-refractivity contribution in [2.75, 3.05) is 0 Å². The topological polar surface area (TPSA) is 59.4 Å². The molecule has 4 heteroatoms. The van der Waals surface area contributed by atoms with Gasteiger partial charge in [0, 0.05) is 5.39 Å². The summed E-state index contributed by atoms with van der Waals surface area (Å²) in [4.78, 5) is 15.9. The van der Waals surface area contributed by atoms with Crippen molar-refractivity contribution in [1.82, 2.24) is 4.98 Å². The zero-order chi connectivity index (χ0) is 15.6. The molecule has 2 unspecified atom stereocenters. The van der Waals surface area contributed by atoms with Crippen molar-refractivity contribution in [3.63, 3.8) is 0 Å². The summed E-state index contributed by atoms with van der Waals surface area (Å²) >= 11 is 0. The van der Waals surface area contributed by atoms with Crippen LogP contribution >= 0.6 is 0 Å². The summed E-state index contributed by atoms with van der Waals surface area (Å²) in [7, 11) is 0. The van der Waals surface area contributed by atoms with Crippen LogP contribution in [0.2, 0.25) is 0 Å². The highest BCUT2D eigenvalue weighted by Crippen LogP contribution is 2.29. The predicted molar refractivity (Wildman–Crippen MR) is 84.3 cm³/mol. The molecule has 0 spiro atoms. The molecule has 22 heavy (non-hydrogen) atoms. The maximum Gasteiger partial charge on any atom is 0.313 e. The normalized spacial score (nSPS) is 23.8. The summed E-state index contributed by atoms with van der Waals surface area (Å²) in [6.07, 6.45) is 6.98. The molecule has 1 aromatic carbocycles. The molecule has 3 rings (SSSR count). The van der Waals surface area contributed by atoms with Gasteiger partial charge in [-0.15, -0.1) is 0 Å². The molecule has 0 aliphatic heterocycles. The molecule has 0 fully saturated rings. The van der Waals surface area contributed by atoms with E-state index in [1.165, 1.54) is 0 Å². The number of ether oxygens (including phenoxy) is 1. The molecular weight excluding hydrogens is 278 g/mol. The van der Waals surface area contributed by atoms with Crippen LogP contribution in [-0.2, 0) is 16.1 Å².